The van der Waals surface area contributed by atoms with E-state index in [2.05, 4.69) is 9.71 Å². The second kappa shape index (κ2) is 6.74. The molecule has 0 radical (unpaired) electrons. The van der Waals surface area contributed by atoms with Crippen LogP contribution in [0.2, 0.25) is 0 Å². The number of nitrogens with zero attached hydrogens (tertiary/aromatic N) is 1. The molecule has 0 aliphatic heterocycles. The van der Waals surface area contributed by atoms with Crippen LogP contribution >= 0.6 is 0 Å². The molecular weight excluding hydrogens is 360 g/mol. The first-order valence-corrected chi connectivity index (χ1v) is 9.78. The Kier molecular flexibility index (Phi) is 4.25. The molecule has 4 rings (SSSR count). The van der Waals surface area contributed by atoms with Gasteiger partial charge in [0, 0.05) is 5.39 Å². The molecule has 0 saturated heterocycles. The van der Waals surface area contributed by atoms with Crippen LogP contribution in [0.25, 0.3) is 22.0 Å². The van der Waals surface area contributed by atoms with Gasteiger partial charge in [0.15, 0.2) is 0 Å². The number of para-hydroxylation sites is 1. The van der Waals surface area contributed by atoms with Crippen LogP contribution in [0, 0.1) is 0 Å². The maximum atomic E-state index is 12.7. The largest absolute Gasteiger partial charge is 0.506 e. The third-order valence-electron chi connectivity index (χ3n) is 4.21. The van der Waals surface area contributed by atoms with Crippen molar-refractivity contribution in [3.63, 3.8) is 0 Å². The van der Waals surface area contributed by atoms with E-state index >= 15 is 0 Å². The summed E-state index contributed by atoms with van der Waals surface area (Å²) >= 11 is 0. The molecular formula is C21H16N2O3S. The molecule has 134 valence electrons. The number of nitrogens with one attached hydrogen (secondary N) is 1. The van der Waals surface area contributed by atoms with Crippen molar-refractivity contribution in [2.45, 2.75) is 4.90 Å². The normalized spacial score (nSPS) is 11.4. The summed E-state index contributed by atoms with van der Waals surface area (Å²) in [5, 5.41) is 10.6. The average molecular weight is 376 g/mol. The summed E-state index contributed by atoms with van der Waals surface area (Å²) in [4.78, 5) is 4.35. The fourth-order valence-corrected chi connectivity index (χ4v) is 3.84. The Balaban J connectivity index is 1.63. The summed E-state index contributed by atoms with van der Waals surface area (Å²) in [6.45, 7) is 0. The number of pyridine rings is 1. The van der Waals surface area contributed by atoms with Crippen molar-refractivity contribution in [1.29, 1.82) is 0 Å². The summed E-state index contributed by atoms with van der Waals surface area (Å²) in [5.74, 6) is 0.150. The van der Waals surface area contributed by atoms with E-state index < -0.39 is 10.0 Å². The third kappa shape index (κ3) is 3.47. The minimum absolute atomic E-state index is 0.000706. The van der Waals surface area contributed by atoms with Gasteiger partial charge < -0.3 is 5.11 Å². The zero-order valence-corrected chi connectivity index (χ0v) is 15.0. The van der Waals surface area contributed by atoms with Gasteiger partial charge in [0.2, 0.25) is 0 Å². The minimum atomic E-state index is -3.79. The number of hydrogen-bond acceptors (Lipinski definition) is 4. The zero-order valence-electron chi connectivity index (χ0n) is 14.2. The Bertz CT molecular complexity index is 1210. The van der Waals surface area contributed by atoms with Gasteiger partial charge in [-0.05, 0) is 41.5 Å². The number of fused-ring (bicyclic) bond motifs is 1. The Labute approximate surface area is 157 Å². The molecule has 2 N–H and O–H groups in total. The van der Waals surface area contributed by atoms with E-state index in [4.69, 9.17) is 0 Å². The molecule has 0 saturated carbocycles. The van der Waals surface area contributed by atoms with Crippen molar-refractivity contribution >= 4 is 26.7 Å². The number of anilines is 1. The molecule has 6 heteroatoms. The highest BCUT2D eigenvalue weighted by Crippen LogP contribution is 2.26. The van der Waals surface area contributed by atoms with E-state index in [-0.39, 0.29) is 16.5 Å². The SMILES string of the molecule is O=S(=O)(Nc1ccc2cccc(O)c2n1)c1ccc(-c2ccccc2)cc1. The fraction of sp³-hybridized carbons (Fsp3) is 0. The topological polar surface area (TPSA) is 79.3 Å². The van der Waals surface area contributed by atoms with E-state index in [0.717, 1.165) is 16.5 Å². The molecule has 0 fully saturated rings. The zero-order chi connectivity index (χ0) is 18.9. The van der Waals surface area contributed by atoms with Gasteiger partial charge in [-0.2, -0.15) is 0 Å². The number of hydrogen-bond donors (Lipinski definition) is 2. The molecule has 5 nitrogen and oxygen atoms in total. The number of benzene rings is 3. The van der Waals surface area contributed by atoms with Crippen molar-refractivity contribution in [3.8, 4) is 16.9 Å². The summed E-state index contributed by atoms with van der Waals surface area (Å²) in [6.07, 6.45) is 0. The van der Waals surface area contributed by atoms with E-state index in [9.17, 15) is 13.5 Å². The molecule has 0 aliphatic carbocycles. The Morgan fingerprint density at radius 2 is 1.44 bits per heavy atom. The number of rotatable bonds is 4. The van der Waals surface area contributed by atoms with Crippen LogP contribution < -0.4 is 4.72 Å². The molecule has 27 heavy (non-hydrogen) atoms. The number of aromatic hydroxyl groups is 1. The maximum Gasteiger partial charge on any atom is 0.263 e. The van der Waals surface area contributed by atoms with E-state index in [0.29, 0.717) is 5.52 Å². The second-order valence-corrected chi connectivity index (χ2v) is 7.72. The average Bonchev–Trinajstić information content (AvgIpc) is 2.69. The van der Waals surface area contributed by atoms with Crippen LogP contribution in [0.1, 0.15) is 0 Å². The van der Waals surface area contributed by atoms with E-state index in [1.54, 1.807) is 48.5 Å². The fourth-order valence-electron chi connectivity index (χ4n) is 2.84. The lowest BCUT2D eigenvalue weighted by Crippen LogP contribution is -2.13. The standard InChI is InChI=1S/C21H16N2O3S/c24-19-8-4-7-17-11-14-20(22-21(17)19)23-27(25,26)18-12-9-16(10-13-18)15-5-2-1-3-6-15/h1-14,24H,(H,22,23). The number of sulfonamides is 1. The number of aromatic nitrogens is 1. The summed E-state index contributed by atoms with van der Waals surface area (Å²) < 4.78 is 27.8. The number of phenolic OH excluding ortho intramolecular Hbond substituents is 1. The quantitative estimate of drug-likeness (QED) is 0.553. The van der Waals surface area contributed by atoms with E-state index in [1.807, 2.05) is 30.3 Å². The van der Waals surface area contributed by atoms with Gasteiger partial charge in [0.1, 0.15) is 17.1 Å². The van der Waals surface area contributed by atoms with Crippen LogP contribution in [-0.4, -0.2) is 18.5 Å². The monoisotopic (exact) mass is 376 g/mol. The lowest BCUT2D eigenvalue weighted by atomic mass is 10.1. The van der Waals surface area contributed by atoms with Gasteiger partial charge in [0.25, 0.3) is 10.0 Å². The highest BCUT2D eigenvalue weighted by molar-refractivity contribution is 7.92. The molecule has 3 aromatic carbocycles. The van der Waals surface area contributed by atoms with Crippen LogP contribution in [0.15, 0.2) is 89.8 Å². The van der Waals surface area contributed by atoms with Crippen molar-refractivity contribution in [2.24, 2.45) is 0 Å². The van der Waals surface area contributed by atoms with Crippen LogP contribution in [-0.2, 0) is 10.0 Å². The Hall–Kier alpha value is -3.38. The smallest absolute Gasteiger partial charge is 0.263 e. The Morgan fingerprint density at radius 1 is 0.741 bits per heavy atom. The summed E-state index contributed by atoms with van der Waals surface area (Å²) in [5.41, 5.74) is 2.29. The first-order valence-electron chi connectivity index (χ1n) is 8.30. The highest BCUT2D eigenvalue weighted by atomic mass is 32.2. The molecule has 0 unspecified atom stereocenters. The molecule has 4 aromatic rings. The third-order valence-corrected chi connectivity index (χ3v) is 5.58. The minimum Gasteiger partial charge on any atom is -0.506 e. The summed E-state index contributed by atoms with van der Waals surface area (Å²) in [6, 6.07) is 24.7. The van der Waals surface area contributed by atoms with Gasteiger partial charge >= 0.3 is 0 Å². The second-order valence-electron chi connectivity index (χ2n) is 6.04. The number of phenols is 1. The van der Waals surface area contributed by atoms with Gasteiger partial charge in [-0.15, -0.1) is 0 Å². The van der Waals surface area contributed by atoms with Crippen molar-refractivity contribution < 1.29 is 13.5 Å². The maximum absolute atomic E-state index is 12.7. The predicted molar refractivity (Wildman–Crippen MR) is 106 cm³/mol. The molecule has 1 heterocycles. The molecule has 0 aliphatic rings. The lowest BCUT2D eigenvalue weighted by Gasteiger charge is -2.09. The van der Waals surface area contributed by atoms with Crippen LogP contribution in [0.5, 0.6) is 5.75 Å². The first-order chi connectivity index (χ1) is 13.0. The lowest BCUT2D eigenvalue weighted by molar-refractivity contribution is 0.480. The first kappa shape index (κ1) is 17.1. The van der Waals surface area contributed by atoms with Gasteiger partial charge in [-0.25, -0.2) is 13.4 Å². The van der Waals surface area contributed by atoms with Crippen molar-refractivity contribution in [2.75, 3.05) is 4.72 Å². The Morgan fingerprint density at radius 3 is 2.19 bits per heavy atom. The molecule has 0 amide bonds. The van der Waals surface area contributed by atoms with Gasteiger partial charge in [0.05, 0.1) is 4.90 Å². The molecule has 0 spiro atoms. The molecule has 0 bridgehead atoms. The van der Waals surface area contributed by atoms with E-state index in [1.165, 1.54) is 6.07 Å². The van der Waals surface area contributed by atoms with Crippen LogP contribution in [0.4, 0.5) is 5.82 Å². The predicted octanol–water partition coefficient (Wildman–Crippen LogP) is 4.41. The van der Waals surface area contributed by atoms with Crippen LogP contribution in [0.3, 0.4) is 0 Å². The summed E-state index contributed by atoms with van der Waals surface area (Å²) in [7, 11) is -3.79. The molecule has 1 aromatic heterocycles. The van der Waals surface area contributed by atoms with Crippen molar-refractivity contribution in [1.82, 2.24) is 4.98 Å². The highest BCUT2D eigenvalue weighted by Gasteiger charge is 2.15. The van der Waals surface area contributed by atoms with Gasteiger partial charge in [-0.3, -0.25) is 4.72 Å². The van der Waals surface area contributed by atoms with Crippen molar-refractivity contribution in [3.05, 3.63) is 84.9 Å². The molecule has 0 atom stereocenters. The van der Waals surface area contributed by atoms with Gasteiger partial charge in [-0.1, -0.05) is 54.6 Å².